The monoisotopic (exact) mass is 490 g/mol. The summed E-state index contributed by atoms with van der Waals surface area (Å²) in [4.78, 5) is 66.3. The van der Waals surface area contributed by atoms with E-state index in [-0.39, 0.29) is 31.3 Å². The van der Waals surface area contributed by atoms with E-state index < -0.39 is 48.3 Å². The van der Waals surface area contributed by atoms with E-state index in [4.69, 9.17) is 16.6 Å². The Bertz CT molecular complexity index is 964. The smallest absolute Gasteiger partial charge is 0.326 e. The standard InChI is InChI=1S/C22H30N6O7/c23-22(24)25-10-4-8-14(18(31)27-15(21(34)35)12-17(29)30)26-19(32)16-9-5-11-28(16)20(33)13-6-2-1-3-7-13/h1-3,6-7,14-16H,4-5,8-12H2,(H,26,32)(H,27,31)(H,29,30)(H,34,35)(H4,23,24,25)/t14-,15-,16-/m0/s1. The van der Waals surface area contributed by atoms with E-state index in [0.29, 0.717) is 24.9 Å². The molecule has 1 heterocycles. The van der Waals surface area contributed by atoms with Crippen LogP contribution < -0.4 is 22.1 Å². The van der Waals surface area contributed by atoms with Crippen molar-refractivity contribution in [2.45, 2.75) is 50.2 Å². The molecule has 0 spiro atoms. The summed E-state index contributed by atoms with van der Waals surface area (Å²) in [5.41, 5.74) is 11.0. The molecule has 8 N–H and O–H groups in total. The quantitative estimate of drug-likeness (QED) is 0.118. The topological polar surface area (TPSA) is 218 Å². The van der Waals surface area contributed by atoms with Crippen molar-refractivity contribution < 1.29 is 34.2 Å². The number of nitrogens with zero attached hydrogens (tertiary/aromatic N) is 2. The maximum absolute atomic E-state index is 13.1. The number of carbonyl (C=O) groups is 5. The minimum absolute atomic E-state index is 0.0487. The molecule has 13 heteroatoms. The molecule has 2 rings (SSSR count). The first kappa shape index (κ1) is 27.1. The Hall–Kier alpha value is -4.16. The van der Waals surface area contributed by atoms with Crippen LogP contribution in [0.1, 0.15) is 42.5 Å². The largest absolute Gasteiger partial charge is 0.481 e. The zero-order chi connectivity index (χ0) is 26.0. The summed E-state index contributed by atoms with van der Waals surface area (Å²) >= 11 is 0. The Morgan fingerprint density at radius 2 is 1.74 bits per heavy atom. The average Bonchev–Trinajstić information content (AvgIpc) is 3.30. The van der Waals surface area contributed by atoms with E-state index in [1.807, 2.05) is 0 Å². The van der Waals surface area contributed by atoms with Gasteiger partial charge in [0.2, 0.25) is 11.8 Å². The maximum atomic E-state index is 13.1. The molecule has 1 fully saturated rings. The lowest BCUT2D eigenvalue weighted by Crippen LogP contribution is -2.55. The van der Waals surface area contributed by atoms with Gasteiger partial charge in [0.1, 0.15) is 18.1 Å². The van der Waals surface area contributed by atoms with Crippen molar-refractivity contribution in [2.24, 2.45) is 16.5 Å². The van der Waals surface area contributed by atoms with Crippen molar-refractivity contribution in [3.63, 3.8) is 0 Å². The lowest BCUT2D eigenvalue weighted by atomic mass is 10.1. The number of hydrogen-bond donors (Lipinski definition) is 6. The second-order valence-electron chi connectivity index (χ2n) is 8.03. The van der Waals surface area contributed by atoms with Crippen LogP contribution in [0.4, 0.5) is 0 Å². The van der Waals surface area contributed by atoms with Gasteiger partial charge in [-0.3, -0.25) is 24.2 Å². The zero-order valence-electron chi connectivity index (χ0n) is 19.1. The molecule has 13 nitrogen and oxygen atoms in total. The number of guanidine groups is 1. The minimum atomic E-state index is -1.68. The van der Waals surface area contributed by atoms with Crippen LogP contribution in [-0.4, -0.2) is 81.9 Å². The van der Waals surface area contributed by atoms with E-state index in [1.165, 1.54) is 4.90 Å². The normalized spacial score (nSPS) is 16.6. The second kappa shape index (κ2) is 12.9. The Balaban J connectivity index is 2.14. The first-order valence-electron chi connectivity index (χ1n) is 11.1. The molecular formula is C22H30N6O7. The summed E-state index contributed by atoms with van der Waals surface area (Å²) in [5.74, 6) is -4.84. The molecule has 1 aromatic rings. The van der Waals surface area contributed by atoms with Crippen molar-refractivity contribution in [1.29, 1.82) is 0 Å². The van der Waals surface area contributed by atoms with Crippen molar-refractivity contribution in [1.82, 2.24) is 15.5 Å². The van der Waals surface area contributed by atoms with Crippen LogP contribution in [0.2, 0.25) is 0 Å². The van der Waals surface area contributed by atoms with Gasteiger partial charge in [0, 0.05) is 18.7 Å². The third-order valence-electron chi connectivity index (χ3n) is 5.41. The lowest BCUT2D eigenvalue weighted by Gasteiger charge is -2.27. The highest BCUT2D eigenvalue weighted by molar-refractivity contribution is 5.99. The molecule has 0 bridgehead atoms. The number of rotatable bonds is 12. The van der Waals surface area contributed by atoms with Gasteiger partial charge < -0.3 is 37.2 Å². The number of amides is 3. The average molecular weight is 491 g/mol. The summed E-state index contributed by atoms with van der Waals surface area (Å²) in [6, 6.07) is 4.79. The van der Waals surface area contributed by atoms with Crippen LogP contribution in [0.3, 0.4) is 0 Å². The predicted molar refractivity (Wildman–Crippen MR) is 124 cm³/mol. The molecule has 1 aromatic carbocycles. The van der Waals surface area contributed by atoms with Crippen molar-refractivity contribution in [2.75, 3.05) is 13.1 Å². The fourth-order valence-corrected chi connectivity index (χ4v) is 3.72. The van der Waals surface area contributed by atoms with E-state index in [2.05, 4.69) is 15.6 Å². The number of carboxylic acid groups (broad SMARTS) is 2. The van der Waals surface area contributed by atoms with E-state index in [0.717, 1.165) is 0 Å². The molecule has 0 radical (unpaired) electrons. The molecule has 1 aliphatic heterocycles. The number of likely N-dealkylation sites (tertiary alicyclic amines) is 1. The van der Waals surface area contributed by atoms with Gasteiger partial charge in [0.15, 0.2) is 5.96 Å². The molecule has 1 aliphatic rings. The van der Waals surface area contributed by atoms with Gasteiger partial charge in [-0.2, -0.15) is 0 Å². The highest BCUT2D eigenvalue weighted by Gasteiger charge is 2.36. The molecule has 1 saturated heterocycles. The number of carbonyl (C=O) groups excluding carboxylic acids is 3. The molecule has 0 unspecified atom stereocenters. The Morgan fingerprint density at radius 1 is 1.06 bits per heavy atom. The Labute approximate surface area is 201 Å². The van der Waals surface area contributed by atoms with Gasteiger partial charge >= 0.3 is 11.9 Å². The summed E-state index contributed by atoms with van der Waals surface area (Å²) < 4.78 is 0. The number of benzene rings is 1. The third-order valence-corrected chi connectivity index (χ3v) is 5.41. The van der Waals surface area contributed by atoms with E-state index in [1.54, 1.807) is 30.3 Å². The van der Waals surface area contributed by atoms with Crippen LogP contribution in [0.5, 0.6) is 0 Å². The number of nitrogens with two attached hydrogens (primary N) is 2. The van der Waals surface area contributed by atoms with Gasteiger partial charge in [-0.1, -0.05) is 18.2 Å². The highest BCUT2D eigenvalue weighted by Crippen LogP contribution is 2.21. The SMILES string of the molecule is NC(N)=NCCC[C@H](NC(=O)[C@@H]1CCCN1C(=O)c1ccccc1)C(=O)N[C@@H](CC(=O)O)C(=O)O. The summed E-state index contributed by atoms with van der Waals surface area (Å²) in [6.07, 6.45) is 0.469. The number of aliphatic carboxylic acids is 2. The third kappa shape index (κ3) is 8.28. The molecule has 190 valence electrons. The molecule has 35 heavy (non-hydrogen) atoms. The fourth-order valence-electron chi connectivity index (χ4n) is 3.72. The summed E-state index contributed by atoms with van der Waals surface area (Å²) in [7, 11) is 0. The van der Waals surface area contributed by atoms with Crippen molar-refractivity contribution in [3.05, 3.63) is 35.9 Å². The summed E-state index contributed by atoms with van der Waals surface area (Å²) in [5, 5.41) is 22.9. The van der Waals surface area contributed by atoms with Crippen molar-refractivity contribution >= 4 is 35.6 Å². The fraction of sp³-hybridized carbons (Fsp3) is 0.455. The predicted octanol–water partition coefficient (Wildman–Crippen LogP) is -1.13. The minimum Gasteiger partial charge on any atom is -0.481 e. The summed E-state index contributed by atoms with van der Waals surface area (Å²) in [6.45, 7) is 0.522. The molecule has 3 atom stereocenters. The number of nitrogens with one attached hydrogen (secondary N) is 2. The van der Waals surface area contributed by atoms with Gasteiger partial charge in [-0.05, 0) is 37.8 Å². The first-order valence-corrected chi connectivity index (χ1v) is 11.1. The number of carboxylic acids is 2. The maximum Gasteiger partial charge on any atom is 0.326 e. The van der Waals surface area contributed by atoms with Crippen LogP contribution in [0, 0.1) is 0 Å². The van der Waals surface area contributed by atoms with Crippen LogP contribution >= 0.6 is 0 Å². The van der Waals surface area contributed by atoms with Gasteiger partial charge in [0.05, 0.1) is 6.42 Å². The molecule has 3 amide bonds. The Kier molecular flexibility index (Phi) is 9.99. The van der Waals surface area contributed by atoms with E-state index in [9.17, 15) is 29.1 Å². The van der Waals surface area contributed by atoms with Gasteiger partial charge in [-0.15, -0.1) is 0 Å². The van der Waals surface area contributed by atoms with Crippen LogP contribution in [-0.2, 0) is 19.2 Å². The number of aliphatic imine (C=N–C) groups is 1. The molecule has 0 saturated carbocycles. The van der Waals surface area contributed by atoms with Gasteiger partial charge in [-0.25, -0.2) is 4.79 Å². The van der Waals surface area contributed by atoms with Gasteiger partial charge in [0.25, 0.3) is 5.91 Å². The lowest BCUT2D eigenvalue weighted by molar-refractivity contribution is -0.147. The zero-order valence-corrected chi connectivity index (χ0v) is 19.1. The number of hydrogen-bond acceptors (Lipinski definition) is 6. The first-order chi connectivity index (χ1) is 16.6. The molecule has 0 aromatic heterocycles. The molecule has 0 aliphatic carbocycles. The van der Waals surface area contributed by atoms with E-state index >= 15 is 0 Å². The van der Waals surface area contributed by atoms with Crippen LogP contribution in [0.15, 0.2) is 35.3 Å². The van der Waals surface area contributed by atoms with Crippen LogP contribution in [0.25, 0.3) is 0 Å². The highest BCUT2D eigenvalue weighted by atomic mass is 16.4. The second-order valence-corrected chi connectivity index (χ2v) is 8.03. The Morgan fingerprint density at radius 3 is 2.34 bits per heavy atom. The molecular weight excluding hydrogens is 460 g/mol. The van der Waals surface area contributed by atoms with Crippen molar-refractivity contribution in [3.8, 4) is 0 Å².